The third-order valence-electron chi connectivity index (χ3n) is 2.52. The summed E-state index contributed by atoms with van der Waals surface area (Å²) in [5.41, 5.74) is 0. The van der Waals surface area contributed by atoms with E-state index in [-0.39, 0.29) is 16.7 Å². The molecule has 0 amide bonds. The number of hydrogen-bond donors (Lipinski definition) is 2. The lowest BCUT2D eigenvalue weighted by molar-refractivity contribution is 0.182. The van der Waals surface area contributed by atoms with Gasteiger partial charge >= 0.3 is 0 Å². The Hall–Kier alpha value is -0.670. The first-order valence-electron chi connectivity index (χ1n) is 5.70. The molecular formula is C10H14ClN3O3S2. The molecule has 2 aromatic rings. The van der Waals surface area contributed by atoms with Crippen molar-refractivity contribution in [3.8, 4) is 0 Å². The SMILES string of the molecule is CC(O)CCCNS(=O)(=O)c1c(Cl)nc2sccn12. The minimum atomic E-state index is -3.70. The van der Waals surface area contributed by atoms with Gasteiger partial charge in [-0.05, 0) is 19.8 Å². The molecular weight excluding hydrogens is 310 g/mol. The molecule has 19 heavy (non-hydrogen) atoms. The van der Waals surface area contributed by atoms with E-state index in [1.165, 1.54) is 15.7 Å². The quantitative estimate of drug-likeness (QED) is 0.789. The summed E-state index contributed by atoms with van der Waals surface area (Å²) in [5, 5.41) is 10.8. The summed E-state index contributed by atoms with van der Waals surface area (Å²) in [5.74, 6) is 0. The van der Waals surface area contributed by atoms with Crippen molar-refractivity contribution in [2.75, 3.05) is 6.54 Å². The van der Waals surface area contributed by atoms with Crippen LogP contribution in [0.3, 0.4) is 0 Å². The second kappa shape index (κ2) is 5.76. The Kier molecular flexibility index (Phi) is 4.46. The Bertz CT molecular complexity index is 663. The van der Waals surface area contributed by atoms with Crippen LogP contribution in [-0.4, -0.2) is 35.6 Å². The van der Waals surface area contributed by atoms with Gasteiger partial charge in [0, 0.05) is 18.1 Å². The fraction of sp³-hybridized carbons (Fsp3) is 0.500. The van der Waals surface area contributed by atoms with Crippen molar-refractivity contribution in [2.45, 2.75) is 30.9 Å². The van der Waals surface area contributed by atoms with Gasteiger partial charge in [-0.1, -0.05) is 11.6 Å². The van der Waals surface area contributed by atoms with Crippen molar-refractivity contribution >= 4 is 37.9 Å². The average Bonchev–Trinajstić information content (AvgIpc) is 2.83. The molecule has 0 saturated heterocycles. The Labute approximate surface area is 120 Å². The van der Waals surface area contributed by atoms with E-state index in [0.717, 1.165) is 0 Å². The van der Waals surface area contributed by atoms with Crippen LogP contribution in [0.25, 0.3) is 4.96 Å². The third-order valence-corrected chi connectivity index (χ3v) is 5.14. The van der Waals surface area contributed by atoms with E-state index in [2.05, 4.69) is 9.71 Å². The van der Waals surface area contributed by atoms with Crippen LogP contribution >= 0.6 is 22.9 Å². The Morgan fingerprint density at radius 3 is 3.05 bits per heavy atom. The lowest BCUT2D eigenvalue weighted by Gasteiger charge is -2.07. The first-order chi connectivity index (χ1) is 8.92. The highest BCUT2D eigenvalue weighted by molar-refractivity contribution is 7.89. The van der Waals surface area contributed by atoms with E-state index in [9.17, 15) is 8.42 Å². The molecule has 2 N–H and O–H groups in total. The summed E-state index contributed by atoms with van der Waals surface area (Å²) in [7, 11) is -3.70. The fourth-order valence-corrected chi connectivity index (χ4v) is 4.17. The van der Waals surface area contributed by atoms with Crippen LogP contribution in [-0.2, 0) is 10.0 Å². The molecule has 0 spiro atoms. The Balaban J connectivity index is 2.15. The smallest absolute Gasteiger partial charge is 0.259 e. The predicted octanol–water partition coefficient (Wildman–Crippen LogP) is 1.49. The van der Waals surface area contributed by atoms with Crippen LogP contribution in [0.5, 0.6) is 0 Å². The van der Waals surface area contributed by atoms with Crippen molar-refractivity contribution in [3.63, 3.8) is 0 Å². The van der Waals surface area contributed by atoms with Crippen LogP contribution in [0.4, 0.5) is 0 Å². The minimum absolute atomic E-state index is 0.0325. The lowest BCUT2D eigenvalue weighted by atomic mass is 10.2. The highest BCUT2D eigenvalue weighted by atomic mass is 35.5. The van der Waals surface area contributed by atoms with Gasteiger partial charge < -0.3 is 5.11 Å². The molecule has 2 heterocycles. The topological polar surface area (TPSA) is 83.7 Å². The number of aliphatic hydroxyl groups is 1. The van der Waals surface area contributed by atoms with Crippen molar-refractivity contribution < 1.29 is 13.5 Å². The van der Waals surface area contributed by atoms with E-state index in [4.69, 9.17) is 16.7 Å². The number of halogens is 1. The molecule has 9 heteroatoms. The number of thiazole rings is 1. The Morgan fingerprint density at radius 1 is 1.63 bits per heavy atom. The van der Waals surface area contributed by atoms with E-state index in [1.54, 1.807) is 18.5 Å². The third kappa shape index (κ3) is 3.26. The zero-order valence-electron chi connectivity index (χ0n) is 10.2. The summed E-state index contributed by atoms with van der Waals surface area (Å²) in [6.45, 7) is 1.91. The maximum Gasteiger partial charge on any atom is 0.259 e. The van der Waals surface area contributed by atoms with Gasteiger partial charge in [-0.15, -0.1) is 11.3 Å². The van der Waals surface area contributed by atoms with Crippen molar-refractivity contribution in [2.24, 2.45) is 0 Å². The second-order valence-electron chi connectivity index (χ2n) is 4.15. The summed E-state index contributed by atoms with van der Waals surface area (Å²) in [6.07, 6.45) is 2.27. The maximum absolute atomic E-state index is 12.2. The number of aliphatic hydroxyl groups excluding tert-OH is 1. The Morgan fingerprint density at radius 2 is 2.37 bits per heavy atom. The van der Waals surface area contributed by atoms with E-state index in [0.29, 0.717) is 17.8 Å². The van der Waals surface area contributed by atoms with Crippen molar-refractivity contribution in [1.29, 1.82) is 0 Å². The number of nitrogens with one attached hydrogen (secondary N) is 1. The predicted molar refractivity (Wildman–Crippen MR) is 74.2 cm³/mol. The largest absolute Gasteiger partial charge is 0.393 e. The monoisotopic (exact) mass is 323 g/mol. The number of rotatable bonds is 6. The highest BCUT2D eigenvalue weighted by Gasteiger charge is 2.24. The number of fused-ring (bicyclic) bond motifs is 1. The zero-order valence-corrected chi connectivity index (χ0v) is 12.6. The maximum atomic E-state index is 12.2. The summed E-state index contributed by atoms with van der Waals surface area (Å²) in [4.78, 5) is 4.52. The zero-order chi connectivity index (χ0) is 14.0. The first kappa shape index (κ1) is 14.7. The molecule has 1 atom stereocenters. The van der Waals surface area contributed by atoms with E-state index >= 15 is 0 Å². The number of hydrogen-bond acceptors (Lipinski definition) is 5. The van der Waals surface area contributed by atoms with Crippen LogP contribution < -0.4 is 4.72 Å². The van der Waals surface area contributed by atoms with Gasteiger partial charge in [0.2, 0.25) is 0 Å². The lowest BCUT2D eigenvalue weighted by Crippen LogP contribution is -2.26. The number of aromatic nitrogens is 2. The van der Waals surface area contributed by atoms with Gasteiger partial charge in [0.25, 0.3) is 10.0 Å². The van der Waals surface area contributed by atoms with Crippen LogP contribution in [0.15, 0.2) is 16.6 Å². The molecule has 0 aromatic carbocycles. The van der Waals surface area contributed by atoms with Crippen LogP contribution in [0.2, 0.25) is 5.15 Å². The molecule has 0 aliphatic rings. The molecule has 1 unspecified atom stereocenters. The first-order valence-corrected chi connectivity index (χ1v) is 8.44. The van der Waals surface area contributed by atoms with E-state index in [1.807, 2.05) is 0 Å². The molecule has 0 fully saturated rings. The molecule has 0 aliphatic carbocycles. The summed E-state index contributed by atoms with van der Waals surface area (Å²) < 4.78 is 28.2. The molecule has 2 rings (SSSR count). The van der Waals surface area contributed by atoms with Gasteiger partial charge in [0.05, 0.1) is 6.10 Å². The molecule has 106 valence electrons. The summed E-state index contributed by atoms with van der Waals surface area (Å²) in [6, 6.07) is 0. The number of nitrogens with zero attached hydrogens (tertiary/aromatic N) is 2. The molecule has 6 nitrogen and oxygen atoms in total. The highest BCUT2D eigenvalue weighted by Crippen LogP contribution is 2.25. The van der Waals surface area contributed by atoms with Crippen LogP contribution in [0, 0.1) is 0 Å². The molecule has 2 aromatic heterocycles. The van der Waals surface area contributed by atoms with Crippen molar-refractivity contribution in [3.05, 3.63) is 16.7 Å². The van der Waals surface area contributed by atoms with Gasteiger partial charge in [0.15, 0.2) is 15.1 Å². The fourth-order valence-electron chi connectivity index (χ4n) is 1.65. The number of imidazole rings is 1. The average molecular weight is 324 g/mol. The minimum Gasteiger partial charge on any atom is -0.393 e. The van der Waals surface area contributed by atoms with Gasteiger partial charge in [-0.2, -0.15) is 0 Å². The standard InChI is InChI=1S/C10H14ClN3O3S2/c1-7(15)3-2-4-12-19(16,17)9-8(11)13-10-14(9)5-6-18-10/h5-7,12,15H,2-4H2,1H3. The van der Waals surface area contributed by atoms with E-state index < -0.39 is 16.1 Å². The van der Waals surface area contributed by atoms with Crippen LogP contribution in [0.1, 0.15) is 19.8 Å². The van der Waals surface area contributed by atoms with Gasteiger partial charge in [-0.25, -0.2) is 18.1 Å². The molecule has 0 aliphatic heterocycles. The van der Waals surface area contributed by atoms with Crippen molar-refractivity contribution in [1.82, 2.24) is 14.1 Å². The molecule has 0 saturated carbocycles. The number of sulfonamides is 1. The normalized spacial score (nSPS) is 14.1. The molecule has 0 bridgehead atoms. The molecule has 0 radical (unpaired) electrons. The van der Waals surface area contributed by atoms with Gasteiger partial charge in [-0.3, -0.25) is 4.40 Å². The summed E-state index contributed by atoms with van der Waals surface area (Å²) >= 11 is 7.19. The van der Waals surface area contributed by atoms with Gasteiger partial charge in [0.1, 0.15) is 0 Å². The second-order valence-corrected chi connectivity index (χ2v) is 7.07.